The van der Waals surface area contributed by atoms with Crippen LogP contribution in [-0.4, -0.2) is 62.3 Å². The van der Waals surface area contributed by atoms with E-state index in [-0.39, 0.29) is 10.8 Å². The van der Waals surface area contributed by atoms with Gasteiger partial charge < -0.3 is 4.90 Å². The fraction of sp³-hybridized carbons (Fsp3) is 0.304. The molecule has 7 nitrogen and oxygen atoms in total. The molecule has 0 radical (unpaired) electrons. The SMILES string of the molecule is Cc1nc(CN2CCN(C(=O)c3ccc(S(=O)(=O)N(C)c4ccccc4)cc3)CC2)cs1. The minimum Gasteiger partial charge on any atom is -0.336 e. The third-order valence-electron chi connectivity index (χ3n) is 5.59. The van der Waals surface area contributed by atoms with Gasteiger partial charge in [0.2, 0.25) is 0 Å². The molecule has 1 aliphatic heterocycles. The summed E-state index contributed by atoms with van der Waals surface area (Å²) in [6, 6.07) is 15.1. The quantitative estimate of drug-likeness (QED) is 0.553. The van der Waals surface area contributed by atoms with E-state index in [0.29, 0.717) is 24.3 Å². The molecular formula is C23H26N4O3S2. The zero-order valence-electron chi connectivity index (χ0n) is 18.1. The average molecular weight is 471 g/mol. The summed E-state index contributed by atoms with van der Waals surface area (Å²) in [4.78, 5) is 21.7. The number of rotatable bonds is 6. The van der Waals surface area contributed by atoms with Crippen molar-refractivity contribution < 1.29 is 13.2 Å². The van der Waals surface area contributed by atoms with Crippen LogP contribution in [-0.2, 0) is 16.6 Å². The van der Waals surface area contributed by atoms with Gasteiger partial charge in [-0.15, -0.1) is 11.3 Å². The number of benzene rings is 2. The number of sulfonamides is 1. The number of amides is 1. The first-order valence-corrected chi connectivity index (χ1v) is 12.7. The number of piperazine rings is 1. The molecule has 0 saturated carbocycles. The Kier molecular flexibility index (Phi) is 6.59. The van der Waals surface area contributed by atoms with Crippen LogP contribution in [0.15, 0.2) is 64.9 Å². The highest BCUT2D eigenvalue weighted by atomic mass is 32.2. The van der Waals surface area contributed by atoms with Crippen molar-refractivity contribution in [2.24, 2.45) is 0 Å². The van der Waals surface area contributed by atoms with Gasteiger partial charge >= 0.3 is 0 Å². The standard InChI is InChI=1S/C23H26N4O3S2/c1-18-24-20(17-31-18)16-26-12-14-27(15-13-26)23(28)19-8-10-22(11-9-19)32(29,30)25(2)21-6-4-3-5-7-21/h3-11,17H,12-16H2,1-2H3. The lowest BCUT2D eigenvalue weighted by atomic mass is 10.2. The van der Waals surface area contributed by atoms with Gasteiger partial charge in [-0.1, -0.05) is 18.2 Å². The van der Waals surface area contributed by atoms with Gasteiger partial charge in [-0.05, 0) is 43.3 Å². The first-order valence-electron chi connectivity index (χ1n) is 10.4. The molecule has 32 heavy (non-hydrogen) atoms. The topological polar surface area (TPSA) is 73.8 Å². The normalized spacial score (nSPS) is 15.0. The predicted octanol–water partition coefficient (Wildman–Crippen LogP) is 3.23. The number of para-hydroxylation sites is 1. The highest BCUT2D eigenvalue weighted by molar-refractivity contribution is 7.92. The second kappa shape index (κ2) is 9.40. The van der Waals surface area contributed by atoms with E-state index in [0.717, 1.165) is 30.3 Å². The Balaban J connectivity index is 1.38. The van der Waals surface area contributed by atoms with Gasteiger partial charge in [-0.2, -0.15) is 0 Å². The third kappa shape index (κ3) is 4.85. The van der Waals surface area contributed by atoms with Crippen molar-refractivity contribution in [2.45, 2.75) is 18.4 Å². The van der Waals surface area contributed by atoms with Crippen LogP contribution in [0.4, 0.5) is 5.69 Å². The second-order valence-electron chi connectivity index (χ2n) is 7.76. The van der Waals surface area contributed by atoms with E-state index in [4.69, 9.17) is 0 Å². The van der Waals surface area contributed by atoms with Crippen molar-refractivity contribution in [3.8, 4) is 0 Å². The largest absolute Gasteiger partial charge is 0.336 e. The number of carbonyl (C=O) groups excluding carboxylic acids is 1. The maximum absolute atomic E-state index is 12.9. The number of nitrogens with zero attached hydrogens (tertiary/aromatic N) is 4. The van der Waals surface area contributed by atoms with Crippen LogP contribution in [0.5, 0.6) is 0 Å². The molecule has 0 N–H and O–H groups in total. The van der Waals surface area contributed by atoms with Crippen LogP contribution >= 0.6 is 11.3 Å². The molecule has 4 rings (SSSR count). The second-order valence-corrected chi connectivity index (χ2v) is 10.8. The van der Waals surface area contributed by atoms with Crippen molar-refractivity contribution in [2.75, 3.05) is 37.5 Å². The van der Waals surface area contributed by atoms with Gasteiger partial charge in [-0.3, -0.25) is 14.0 Å². The Bertz CT molecular complexity index is 1170. The Hall–Kier alpha value is -2.75. The lowest BCUT2D eigenvalue weighted by Crippen LogP contribution is -2.48. The summed E-state index contributed by atoms with van der Waals surface area (Å²) in [5, 5.41) is 3.15. The first kappa shape index (κ1) is 22.4. The Labute approximate surface area is 193 Å². The summed E-state index contributed by atoms with van der Waals surface area (Å²) in [7, 11) is -2.17. The number of anilines is 1. The monoisotopic (exact) mass is 470 g/mol. The highest BCUT2D eigenvalue weighted by Crippen LogP contribution is 2.22. The van der Waals surface area contributed by atoms with Crippen molar-refractivity contribution in [3.63, 3.8) is 0 Å². The minimum absolute atomic E-state index is 0.0745. The maximum Gasteiger partial charge on any atom is 0.264 e. The molecule has 1 fully saturated rings. The van der Waals surface area contributed by atoms with Gasteiger partial charge in [-0.25, -0.2) is 13.4 Å². The fourth-order valence-electron chi connectivity index (χ4n) is 3.71. The van der Waals surface area contributed by atoms with Gasteiger partial charge in [0.25, 0.3) is 15.9 Å². The molecule has 2 heterocycles. The van der Waals surface area contributed by atoms with E-state index in [1.165, 1.54) is 23.5 Å². The van der Waals surface area contributed by atoms with Gasteiger partial charge in [0.1, 0.15) is 0 Å². The number of aryl methyl sites for hydroxylation is 1. The lowest BCUT2D eigenvalue weighted by Gasteiger charge is -2.34. The number of hydrogen-bond donors (Lipinski definition) is 0. The summed E-state index contributed by atoms with van der Waals surface area (Å²) in [6.45, 7) is 5.65. The van der Waals surface area contributed by atoms with Crippen molar-refractivity contribution in [3.05, 3.63) is 76.2 Å². The van der Waals surface area contributed by atoms with E-state index >= 15 is 0 Å². The molecule has 168 valence electrons. The Morgan fingerprint density at radius 3 is 2.28 bits per heavy atom. The molecule has 1 saturated heterocycles. The van der Waals surface area contributed by atoms with Crippen LogP contribution in [0.25, 0.3) is 0 Å². The lowest BCUT2D eigenvalue weighted by molar-refractivity contribution is 0.0627. The summed E-state index contributed by atoms with van der Waals surface area (Å²) in [5.41, 5.74) is 2.15. The summed E-state index contributed by atoms with van der Waals surface area (Å²) < 4.78 is 27.1. The summed E-state index contributed by atoms with van der Waals surface area (Å²) in [5.74, 6) is -0.0745. The summed E-state index contributed by atoms with van der Waals surface area (Å²) in [6.07, 6.45) is 0. The number of aromatic nitrogens is 1. The fourth-order valence-corrected chi connectivity index (χ4v) is 5.51. The van der Waals surface area contributed by atoms with E-state index < -0.39 is 10.0 Å². The number of carbonyl (C=O) groups is 1. The molecule has 0 aliphatic carbocycles. The molecule has 3 aromatic rings. The van der Waals surface area contributed by atoms with Crippen LogP contribution in [0.3, 0.4) is 0 Å². The van der Waals surface area contributed by atoms with E-state index in [2.05, 4.69) is 15.3 Å². The summed E-state index contributed by atoms with van der Waals surface area (Å²) >= 11 is 1.65. The zero-order valence-corrected chi connectivity index (χ0v) is 19.8. The molecule has 1 aliphatic rings. The molecule has 0 unspecified atom stereocenters. The van der Waals surface area contributed by atoms with E-state index in [9.17, 15) is 13.2 Å². The molecular weight excluding hydrogens is 444 g/mol. The van der Waals surface area contributed by atoms with Crippen LogP contribution < -0.4 is 4.31 Å². The third-order valence-corrected chi connectivity index (χ3v) is 8.21. The van der Waals surface area contributed by atoms with E-state index in [1.807, 2.05) is 17.9 Å². The predicted molar refractivity (Wildman–Crippen MR) is 127 cm³/mol. The van der Waals surface area contributed by atoms with Crippen LogP contribution in [0.2, 0.25) is 0 Å². The maximum atomic E-state index is 12.9. The minimum atomic E-state index is -3.70. The molecule has 0 atom stereocenters. The molecule has 9 heteroatoms. The van der Waals surface area contributed by atoms with Crippen molar-refractivity contribution in [1.29, 1.82) is 0 Å². The van der Waals surface area contributed by atoms with Crippen molar-refractivity contribution >= 4 is 33.0 Å². The smallest absolute Gasteiger partial charge is 0.264 e. The molecule has 0 spiro atoms. The van der Waals surface area contributed by atoms with Crippen molar-refractivity contribution in [1.82, 2.24) is 14.8 Å². The van der Waals surface area contributed by atoms with Crippen LogP contribution in [0, 0.1) is 6.92 Å². The van der Waals surface area contributed by atoms with E-state index in [1.54, 1.807) is 47.7 Å². The number of thiazole rings is 1. The molecule has 1 aromatic heterocycles. The molecule has 0 bridgehead atoms. The zero-order chi connectivity index (χ0) is 22.7. The van der Waals surface area contributed by atoms with Gasteiger partial charge in [0, 0.05) is 50.7 Å². The molecule has 2 aromatic carbocycles. The number of hydrogen-bond acceptors (Lipinski definition) is 6. The van der Waals surface area contributed by atoms with Gasteiger partial charge in [0.05, 0.1) is 21.3 Å². The Morgan fingerprint density at radius 2 is 1.69 bits per heavy atom. The average Bonchev–Trinajstić information content (AvgIpc) is 3.23. The van der Waals surface area contributed by atoms with Crippen LogP contribution in [0.1, 0.15) is 21.1 Å². The molecule has 1 amide bonds. The highest BCUT2D eigenvalue weighted by Gasteiger charge is 2.25. The Morgan fingerprint density at radius 1 is 1.03 bits per heavy atom. The van der Waals surface area contributed by atoms with Gasteiger partial charge in [0.15, 0.2) is 0 Å². The first-order chi connectivity index (χ1) is 15.3.